The fourth-order valence-electron chi connectivity index (χ4n) is 1.47. The molecule has 0 amide bonds. The summed E-state index contributed by atoms with van der Waals surface area (Å²) in [6.07, 6.45) is 0. The van der Waals surface area contributed by atoms with E-state index in [0.29, 0.717) is 0 Å². The number of ether oxygens (including phenoxy) is 1. The number of carbonyl (C=O) groups excluding carboxylic acids is 1. The molecule has 1 rings (SSSR count). The summed E-state index contributed by atoms with van der Waals surface area (Å²) in [6.45, 7) is 0.938. The number of nitriles is 1. The zero-order chi connectivity index (χ0) is 15.3. The number of hydrogen-bond donors (Lipinski definition) is 1. The number of carbonyl (C=O) groups is 1. The SMILES string of the molecule is CCOC(=O)c1c(C#N)cc(CO)cc1SC(F)(F)F. The maximum absolute atomic E-state index is 12.5. The Balaban J connectivity index is 3.43. The number of esters is 1. The van der Waals surface area contributed by atoms with Gasteiger partial charge in [-0.15, -0.1) is 0 Å². The first-order valence-corrected chi connectivity index (χ1v) is 6.24. The van der Waals surface area contributed by atoms with E-state index in [1.54, 1.807) is 6.07 Å². The molecule has 0 heterocycles. The van der Waals surface area contributed by atoms with E-state index >= 15 is 0 Å². The standard InChI is InChI=1S/C12H10F3NO3S/c1-2-19-11(18)10-8(5-16)3-7(6-17)4-9(10)20-12(13,14)15/h3-4,17H,2,6H2,1H3. The molecule has 0 fully saturated rings. The molecule has 4 nitrogen and oxygen atoms in total. The van der Waals surface area contributed by atoms with Gasteiger partial charge in [0.15, 0.2) is 0 Å². The molecular weight excluding hydrogens is 295 g/mol. The molecule has 1 aromatic rings. The van der Waals surface area contributed by atoms with Crippen LogP contribution in [0.3, 0.4) is 0 Å². The molecule has 20 heavy (non-hydrogen) atoms. The molecule has 0 aliphatic heterocycles. The van der Waals surface area contributed by atoms with E-state index in [4.69, 9.17) is 10.4 Å². The Morgan fingerprint density at radius 2 is 2.15 bits per heavy atom. The third-order valence-corrected chi connectivity index (χ3v) is 2.94. The van der Waals surface area contributed by atoms with Crippen molar-refractivity contribution in [3.05, 3.63) is 28.8 Å². The number of hydrogen-bond acceptors (Lipinski definition) is 5. The number of benzene rings is 1. The maximum Gasteiger partial charge on any atom is 0.446 e. The van der Waals surface area contributed by atoms with Gasteiger partial charge in [-0.1, -0.05) is 0 Å². The van der Waals surface area contributed by atoms with Crippen molar-refractivity contribution in [3.8, 4) is 6.07 Å². The van der Waals surface area contributed by atoms with E-state index in [9.17, 15) is 18.0 Å². The van der Waals surface area contributed by atoms with Crippen LogP contribution in [-0.2, 0) is 11.3 Å². The monoisotopic (exact) mass is 305 g/mol. The van der Waals surface area contributed by atoms with Gasteiger partial charge in [0.2, 0.25) is 0 Å². The number of rotatable bonds is 4. The molecule has 0 aromatic heterocycles. The lowest BCUT2D eigenvalue weighted by molar-refractivity contribution is -0.0328. The Bertz CT molecular complexity index is 552. The van der Waals surface area contributed by atoms with E-state index in [1.165, 1.54) is 6.92 Å². The summed E-state index contributed by atoms with van der Waals surface area (Å²) in [5, 5.41) is 17.9. The van der Waals surface area contributed by atoms with Crippen molar-refractivity contribution in [3.63, 3.8) is 0 Å². The van der Waals surface area contributed by atoms with E-state index in [0.717, 1.165) is 12.1 Å². The third-order valence-electron chi connectivity index (χ3n) is 2.17. The fourth-order valence-corrected chi connectivity index (χ4v) is 2.23. The van der Waals surface area contributed by atoms with Crippen molar-refractivity contribution in [2.75, 3.05) is 6.61 Å². The lowest BCUT2D eigenvalue weighted by Gasteiger charge is -2.13. The van der Waals surface area contributed by atoms with Gasteiger partial charge in [0.25, 0.3) is 0 Å². The summed E-state index contributed by atoms with van der Waals surface area (Å²) in [4.78, 5) is 11.3. The van der Waals surface area contributed by atoms with Crippen LogP contribution < -0.4 is 0 Å². The maximum atomic E-state index is 12.5. The smallest absolute Gasteiger partial charge is 0.446 e. The third kappa shape index (κ3) is 4.15. The van der Waals surface area contributed by atoms with Crippen molar-refractivity contribution in [2.45, 2.75) is 23.9 Å². The van der Waals surface area contributed by atoms with Gasteiger partial charge in [-0.2, -0.15) is 18.4 Å². The van der Waals surface area contributed by atoms with Crippen LogP contribution in [0.15, 0.2) is 17.0 Å². The average Bonchev–Trinajstić information content (AvgIpc) is 2.35. The minimum Gasteiger partial charge on any atom is -0.462 e. The van der Waals surface area contributed by atoms with Crippen LogP contribution in [0.1, 0.15) is 28.4 Å². The van der Waals surface area contributed by atoms with Crippen LogP contribution in [-0.4, -0.2) is 23.2 Å². The first kappa shape index (κ1) is 16.3. The molecule has 0 spiro atoms. The van der Waals surface area contributed by atoms with Gasteiger partial charge in [-0.25, -0.2) is 4.79 Å². The molecule has 0 aliphatic carbocycles. The molecule has 0 atom stereocenters. The normalized spacial score (nSPS) is 11.0. The lowest BCUT2D eigenvalue weighted by Crippen LogP contribution is -2.11. The van der Waals surface area contributed by atoms with E-state index in [1.807, 2.05) is 0 Å². The minimum atomic E-state index is -4.62. The van der Waals surface area contributed by atoms with Crippen LogP contribution in [0.25, 0.3) is 0 Å². The zero-order valence-electron chi connectivity index (χ0n) is 10.3. The molecule has 0 unspecified atom stereocenters. The number of alkyl halides is 3. The highest BCUT2D eigenvalue weighted by atomic mass is 32.2. The summed E-state index contributed by atoms with van der Waals surface area (Å²) in [7, 11) is 0. The quantitative estimate of drug-likeness (QED) is 0.684. The zero-order valence-corrected chi connectivity index (χ0v) is 11.1. The first-order valence-electron chi connectivity index (χ1n) is 5.43. The molecular formula is C12H10F3NO3S. The number of aliphatic hydroxyl groups excluding tert-OH is 1. The first-order chi connectivity index (χ1) is 9.32. The summed E-state index contributed by atoms with van der Waals surface area (Å²) in [5.41, 5.74) is -5.21. The highest BCUT2D eigenvalue weighted by molar-refractivity contribution is 8.00. The number of halogens is 3. The fraction of sp³-hybridized carbons (Fsp3) is 0.333. The second kappa shape index (κ2) is 6.63. The highest BCUT2D eigenvalue weighted by Gasteiger charge is 2.33. The molecule has 0 saturated carbocycles. The molecule has 8 heteroatoms. The van der Waals surface area contributed by atoms with E-state index in [2.05, 4.69) is 4.74 Å². The number of thioether (sulfide) groups is 1. The summed E-state index contributed by atoms with van der Waals surface area (Å²) < 4.78 is 42.2. The van der Waals surface area contributed by atoms with Crippen molar-refractivity contribution >= 4 is 17.7 Å². The molecule has 0 bridgehead atoms. The predicted octanol–water partition coefficient (Wildman–Crippen LogP) is 2.84. The van der Waals surface area contributed by atoms with Crippen molar-refractivity contribution in [2.24, 2.45) is 0 Å². The number of nitrogens with zero attached hydrogens (tertiary/aromatic N) is 1. The molecule has 1 N–H and O–H groups in total. The summed E-state index contributed by atoms with van der Waals surface area (Å²) in [5.74, 6) is -1.000. The van der Waals surface area contributed by atoms with Gasteiger partial charge in [0, 0.05) is 4.90 Å². The van der Waals surface area contributed by atoms with Crippen molar-refractivity contribution in [1.82, 2.24) is 0 Å². The number of aliphatic hydroxyl groups is 1. The largest absolute Gasteiger partial charge is 0.462 e. The second-order valence-corrected chi connectivity index (χ2v) is 4.66. The van der Waals surface area contributed by atoms with E-state index < -0.39 is 40.3 Å². The Morgan fingerprint density at radius 1 is 1.50 bits per heavy atom. The van der Waals surface area contributed by atoms with Gasteiger partial charge in [0.05, 0.1) is 24.3 Å². The molecule has 1 aromatic carbocycles. The van der Waals surface area contributed by atoms with Gasteiger partial charge in [-0.05, 0) is 36.4 Å². The summed E-state index contributed by atoms with van der Waals surface area (Å²) in [6, 6.07) is 3.82. The Morgan fingerprint density at radius 3 is 2.60 bits per heavy atom. The lowest BCUT2D eigenvalue weighted by atomic mass is 10.0. The topological polar surface area (TPSA) is 70.3 Å². The highest BCUT2D eigenvalue weighted by Crippen LogP contribution is 2.40. The van der Waals surface area contributed by atoms with Gasteiger partial charge >= 0.3 is 11.5 Å². The second-order valence-electron chi connectivity index (χ2n) is 3.55. The van der Waals surface area contributed by atoms with Gasteiger partial charge < -0.3 is 9.84 Å². The van der Waals surface area contributed by atoms with Crippen LogP contribution >= 0.6 is 11.8 Å². The van der Waals surface area contributed by atoms with Gasteiger partial charge in [0.1, 0.15) is 6.07 Å². The Labute approximate surface area is 117 Å². The predicted molar refractivity (Wildman–Crippen MR) is 64.9 cm³/mol. The Kier molecular flexibility index (Phi) is 5.42. The molecule has 0 saturated heterocycles. The van der Waals surface area contributed by atoms with Crippen LogP contribution in [0, 0.1) is 11.3 Å². The minimum absolute atomic E-state index is 0.0262. The molecule has 0 aliphatic rings. The Hall–Kier alpha value is -1.72. The average molecular weight is 305 g/mol. The van der Waals surface area contributed by atoms with Crippen molar-refractivity contribution < 1.29 is 27.8 Å². The molecule has 108 valence electrons. The molecule has 0 radical (unpaired) electrons. The van der Waals surface area contributed by atoms with Gasteiger partial charge in [-0.3, -0.25) is 0 Å². The summed E-state index contributed by atoms with van der Waals surface area (Å²) >= 11 is -0.522. The van der Waals surface area contributed by atoms with Crippen LogP contribution in [0.5, 0.6) is 0 Å². The van der Waals surface area contributed by atoms with Crippen LogP contribution in [0.4, 0.5) is 13.2 Å². The van der Waals surface area contributed by atoms with Crippen LogP contribution in [0.2, 0.25) is 0 Å². The van der Waals surface area contributed by atoms with E-state index in [-0.39, 0.29) is 17.7 Å². The van der Waals surface area contributed by atoms with Crippen molar-refractivity contribution in [1.29, 1.82) is 5.26 Å².